The molecule has 0 saturated heterocycles. The van der Waals surface area contributed by atoms with Crippen LogP contribution in [0.1, 0.15) is 5.56 Å². The van der Waals surface area contributed by atoms with E-state index in [2.05, 4.69) is 11.8 Å². The summed E-state index contributed by atoms with van der Waals surface area (Å²) in [5.74, 6) is -0.201. The molecule has 0 aliphatic rings. The van der Waals surface area contributed by atoms with E-state index in [4.69, 9.17) is 0 Å². The zero-order chi connectivity index (χ0) is 11.5. The van der Waals surface area contributed by atoms with Crippen LogP contribution in [-0.2, 0) is 6.54 Å². The minimum atomic E-state index is -4.63. The maximum Gasteiger partial charge on any atom is 0.573 e. The Morgan fingerprint density at radius 2 is 1.80 bits per heavy atom. The molecule has 0 spiro atoms. The Labute approximate surface area is 86.3 Å². The first kappa shape index (κ1) is 11.8. The number of hydrogen-bond acceptors (Lipinski definition) is 1. The molecule has 1 aromatic rings. The summed E-state index contributed by atoms with van der Waals surface area (Å²) in [5.41, 5.74) is 0.914. The lowest BCUT2D eigenvalue weighted by Gasteiger charge is -2.14. The largest absolute Gasteiger partial charge is 0.573 e. The second-order valence-electron chi connectivity index (χ2n) is 3.33. The number of quaternary nitrogens is 1. The molecule has 5 heteroatoms. The van der Waals surface area contributed by atoms with E-state index >= 15 is 0 Å². The molecule has 0 saturated carbocycles. The summed E-state index contributed by atoms with van der Waals surface area (Å²) in [4.78, 5) is 0.958. The number of alkyl halides is 3. The SMILES string of the molecule is [CH2-][NH+](C)Cc1ccc(OC(F)(F)F)cc1. The summed E-state index contributed by atoms with van der Waals surface area (Å²) >= 11 is 0. The monoisotopic (exact) mass is 219 g/mol. The van der Waals surface area contributed by atoms with Crippen molar-refractivity contribution in [2.75, 3.05) is 7.05 Å². The van der Waals surface area contributed by atoms with Crippen molar-refractivity contribution in [2.45, 2.75) is 12.9 Å². The van der Waals surface area contributed by atoms with E-state index < -0.39 is 6.36 Å². The van der Waals surface area contributed by atoms with Crippen molar-refractivity contribution in [3.63, 3.8) is 0 Å². The van der Waals surface area contributed by atoms with Gasteiger partial charge in [0.25, 0.3) is 0 Å². The number of rotatable bonds is 3. The lowest BCUT2D eigenvalue weighted by Crippen LogP contribution is -3.01. The van der Waals surface area contributed by atoms with Crippen LogP contribution in [-0.4, -0.2) is 13.4 Å². The van der Waals surface area contributed by atoms with Gasteiger partial charge in [0.2, 0.25) is 0 Å². The molecule has 0 aromatic heterocycles. The van der Waals surface area contributed by atoms with Crippen molar-refractivity contribution in [3.8, 4) is 5.75 Å². The zero-order valence-corrected chi connectivity index (χ0v) is 8.27. The molecule has 0 fully saturated rings. The van der Waals surface area contributed by atoms with Crippen LogP contribution in [0.2, 0.25) is 0 Å². The molecule has 1 unspecified atom stereocenters. The standard InChI is InChI=1S/C10H12F3NO/c1-14(2)7-8-3-5-9(6-4-8)15-10(11,12)13/h3-6,14H,1,7H2,2H3. The lowest BCUT2D eigenvalue weighted by molar-refractivity contribution is -0.846. The highest BCUT2D eigenvalue weighted by Gasteiger charge is 2.30. The van der Waals surface area contributed by atoms with E-state index in [0.29, 0.717) is 6.54 Å². The maximum absolute atomic E-state index is 11.8. The van der Waals surface area contributed by atoms with Gasteiger partial charge in [-0.15, -0.1) is 13.2 Å². The van der Waals surface area contributed by atoms with Crippen LogP contribution in [0.25, 0.3) is 0 Å². The van der Waals surface area contributed by atoms with Gasteiger partial charge in [0.1, 0.15) is 5.75 Å². The molecule has 1 aromatic carbocycles. The molecule has 2 nitrogen and oxygen atoms in total. The number of halogens is 3. The predicted molar refractivity (Wildman–Crippen MR) is 49.1 cm³/mol. The molecule has 0 aliphatic heterocycles. The molecule has 0 radical (unpaired) electrons. The lowest BCUT2D eigenvalue weighted by atomic mass is 10.2. The molecule has 1 rings (SSSR count). The van der Waals surface area contributed by atoms with Crippen molar-refractivity contribution in [1.29, 1.82) is 0 Å². The first-order valence-corrected chi connectivity index (χ1v) is 4.36. The number of benzene rings is 1. The van der Waals surface area contributed by atoms with Gasteiger partial charge in [-0.3, -0.25) is 0 Å². The average molecular weight is 219 g/mol. The van der Waals surface area contributed by atoms with Crippen LogP contribution >= 0.6 is 0 Å². The minimum Gasteiger partial charge on any atom is -0.467 e. The Morgan fingerprint density at radius 1 is 1.27 bits per heavy atom. The third-order valence-corrected chi connectivity index (χ3v) is 1.66. The van der Waals surface area contributed by atoms with Crippen molar-refractivity contribution in [1.82, 2.24) is 0 Å². The van der Waals surface area contributed by atoms with Crippen LogP contribution in [0.5, 0.6) is 5.75 Å². The Balaban J connectivity index is 2.64. The van der Waals surface area contributed by atoms with Gasteiger partial charge in [0, 0.05) is 12.6 Å². The fraction of sp³-hybridized carbons (Fsp3) is 0.300. The highest BCUT2D eigenvalue weighted by Crippen LogP contribution is 2.22. The second kappa shape index (κ2) is 4.53. The smallest absolute Gasteiger partial charge is 0.467 e. The highest BCUT2D eigenvalue weighted by molar-refractivity contribution is 5.26. The molecular formula is C10H12F3NO. The van der Waals surface area contributed by atoms with Gasteiger partial charge in [0.15, 0.2) is 0 Å². The Hall–Kier alpha value is -1.23. The highest BCUT2D eigenvalue weighted by atomic mass is 19.4. The van der Waals surface area contributed by atoms with Crippen LogP contribution in [0.3, 0.4) is 0 Å². The first-order valence-electron chi connectivity index (χ1n) is 4.36. The fourth-order valence-electron chi connectivity index (χ4n) is 1.16. The molecular weight excluding hydrogens is 207 g/mol. The third-order valence-electron chi connectivity index (χ3n) is 1.66. The maximum atomic E-state index is 11.8. The molecule has 0 amide bonds. The van der Waals surface area contributed by atoms with Crippen molar-refractivity contribution >= 4 is 0 Å². The van der Waals surface area contributed by atoms with Crippen LogP contribution in [0.15, 0.2) is 24.3 Å². The van der Waals surface area contributed by atoms with Gasteiger partial charge in [-0.25, -0.2) is 0 Å². The number of ether oxygens (including phenoxy) is 1. The van der Waals surface area contributed by atoms with Gasteiger partial charge in [-0.1, -0.05) is 0 Å². The Bertz CT molecular complexity index is 305. The molecule has 0 bridgehead atoms. The summed E-state index contributed by atoms with van der Waals surface area (Å²) in [5, 5.41) is 0. The summed E-state index contributed by atoms with van der Waals surface area (Å²) in [6, 6.07) is 5.78. The quantitative estimate of drug-likeness (QED) is 0.758. The van der Waals surface area contributed by atoms with Crippen LogP contribution < -0.4 is 9.64 Å². The van der Waals surface area contributed by atoms with E-state index in [1.165, 1.54) is 12.1 Å². The van der Waals surface area contributed by atoms with Gasteiger partial charge < -0.3 is 9.64 Å². The van der Waals surface area contributed by atoms with Gasteiger partial charge in [0.05, 0.1) is 6.54 Å². The number of hydrogen-bond donors (Lipinski definition) is 1. The van der Waals surface area contributed by atoms with Crippen LogP contribution in [0, 0.1) is 7.05 Å². The average Bonchev–Trinajstić information content (AvgIpc) is 2.05. The van der Waals surface area contributed by atoms with E-state index in [1.54, 1.807) is 12.1 Å². The van der Waals surface area contributed by atoms with Crippen molar-refractivity contribution < 1.29 is 22.8 Å². The predicted octanol–water partition coefficient (Wildman–Crippen LogP) is 1.39. The van der Waals surface area contributed by atoms with Gasteiger partial charge >= 0.3 is 6.36 Å². The fourth-order valence-corrected chi connectivity index (χ4v) is 1.16. The molecule has 15 heavy (non-hydrogen) atoms. The zero-order valence-electron chi connectivity index (χ0n) is 8.27. The Morgan fingerprint density at radius 3 is 2.20 bits per heavy atom. The van der Waals surface area contributed by atoms with Crippen molar-refractivity contribution in [2.24, 2.45) is 0 Å². The summed E-state index contributed by atoms with van der Waals surface area (Å²) in [7, 11) is 5.58. The minimum absolute atomic E-state index is 0.201. The van der Waals surface area contributed by atoms with E-state index in [0.717, 1.165) is 10.5 Å². The molecule has 84 valence electrons. The second-order valence-corrected chi connectivity index (χ2v) is 3.33. The normalized spacial score (nSPS) is 13.7. The molecule has 1 N–H and O–H groups in total. The van der Waals surface area contributed by atoms with Gasteiger partial charge in [-0.2, -0.15) is 7.05 Å². The summed E-state index contributed by atoms with van der Waals surface area (Å²) in [6.45, 7) is 0.659. The molecule has 1 atom stereocenters. The topological polar surface area (TPSA) is 13.7 Å². The first-order chi connectivity index (χ1) is 6.87. The Kier molecular flexibility index (Phi) is 3.57. The van der Waals surface area contributed by atoms with E-state index in [9.17, 15) is 13.2 Å². The van der Waals surface area contributed by atoms with Crippen molar-refractivity contribution in [3.05, 3.63) is 36.9 Å². The van der Waals surface area contributed by atoms with E-state index in [-0.39, 0.29) is 5.75 Å². The summed E-state index contributed by atoms with van der Waals surface area (Å²) in [6.07, 6.45) is -4.63. The summed E-state index contributed by atoms with van der Waals surface area (Å²) < 4.78 is 39.2. The van der Waals surface area contributed by atoms with E-state index in [1.807, 2.05) is 7.05 Å². The van der Waals surface area contributed by atoms with Gasteiger partial charge in [-0.05, 0) is 24.3 Å². The molecule has 0 aliphatic carbocycles. The number of nitrogens with one attached hydrogen (secondary N) is 1. The molecule has 0 heterocycles. The third kappa shape index (κ3) is 4.69. The van der Waals surface area contributed by atoms with Crippen LogP contribution in [0.4, 0.5) is 13.2 Å².